The number of ether oxygens (including phenoxy) is 1. The Morgan fingerprint density at radius 2 is 1.85 bits per heavy atom. The van der Waals surface area contributed by atoms with Crippen LogP contribution in [0.2, 0.25) is 0 Å². The second-order valence-corrected chi connectivity index (χ2v) is 5.37. The van der Waals surface area contributed by atoms with Crippen LogP contribution in [0.25, 0.3) is 0 Å². The van der Waals surface area contributed by atoms with Crippen molar-refractivity contribution in [3.05, 3.63) is 29.3 Å². The fraction of sp³-hybridized carbons (Fsp3) is 0.600. The Labute approximate surface area is 118 Å². The quantitative estimate of drug-likeness (QED) is 0.853. The zero-order valence-electron chi connectivity index (χ0n) is 12.3. The van der Waals surface area contributed by atoms with Crippen molar-refractivity contribution in [1.29, 1.82) is 0 Å². The molecule has 1 aromatic carbocycles. The van der Waals surface area contributed by atoms with E-state index in [0.29, 0.717) is 5.92 Å². The zero-order chi connectivity index (χ0) is 15.3. The molecule has 1 aromatic rings. The maximum atomic E-state index is 12.1. The Hall–Kier alpha value is -1.23. The monoisotopic (exact) mass is 289 g/mol. The molecule has 1 atom stereocenters. The third kappa shape index (κ3) is 5.82. The Morgan fingerprint density at radius 3 is 2.40 bits per heavy atom. The molecule has 20 heavy (non-hydrogen) atoms. The van der Waals surface area contributed by atoms with Crippen LogP contribution in [0.15, 0.2) is 18.2 Å². The molecule has 0 aliphatic carbocycles. The molecular formula is C15H22F3NO. The van der Waals surface area contributed by atoms with Crippen LogP contribution in [-0.2, 0) is 0 Å². The predicted octanol–water partition coefficient (Wildman–Crippen LogP) is 4.04. The molecule has 0 spiro atoms. The normalized spacial score (nSPS) is 13.6. The molecule has 0 heterocycles. The fourth-order valence-electron chi connectivity index (χ4n) is 1.90. The molecule has 1 N–H and O–H groups in total. The molecule has 0 amide bonds. The SMILES string of the molecule is Cc1ccc(C(C)C)c(OC(C)CNCC(F)(F)F)c1. The lowest BCUT2D eigenvalue weighted by Crippen LogP contribution is -2.35. The summed E-state index contributed by atoms with van der Waals surface area (Å²) in [6.45, 7) is 7.00. The number of rotatable bonds is 6. The van der Waals surface area contributed by atoms with Crippen LogP contribution in [0.4, 0.5) is 13.2 Å². The first kappa shape index (κ1) is 16.8. The lowest BCUT2D eigenvalue weighted by atomic mass is 10.0. The summed E-state index contributed by atoms with van der Waals surface area (Å²) in [5.74, 6) is 1.06. The van der Waals surface area contributed by atoms with Crippen molar-refractivity contribution in [2.45, 2.75) is 45.9 Å². The molecule has 0 fully saturated rings. The number of benzene rings is 1. The van der Waals surface area contributed by atoms with E-state index in [4.69, 9.17) is 4.74 Å². The Balaban J connectivity index is 2.61. The van der Waals surface area contributed by atoms with E-state index in [1.807, 2.05) is 25.1 Å². The van der Waals surface area contributed by atoms with Gasteiger partial charge in [-0.1, -0.05) is 26.0 Å². The lowest BCUT2D eigenvalue weighted by molar-refractivity contribution is -0.125. The van der Waals surface area contributed by atoms with Crippen LogP contribution in [-0.4, -0.2) is 25.4 Å². The standard InChI is InChI=1S/C15H22F3NO/c1-10(2)13-6-5-11(3)7-14(13)20-12(4)8-19-9-15(16,17)18/h5-7,10,12,19H,8-9H2,1-4H3. The molecule has 0 aliphatic heterocycles. The molecule has 2 nitrogen and oxygen atoms in total. The molecule has 0 radical (unpaired) electrons. The molecule has 0 saturated heterocycles. The second-order valence-electron chi connectivity index (χ2n) is 5.37. The molecule has 0 bridgehead atoms. The van der Waals surface area contributed by atoms with Gasteiger partial charge in [0.25, 0.3) is 0 Å². The highest BCUT2D eigenvalue weighted by molar-refractivity contribution is 5.39. The van der Waals surface area contributed by atoms with Gasteiger partial charge in [-0.15, -0.1) is 0 Å². The first-order valence-corrected chi connectivity index (χ1v) is 6.73. The number of aryl methyl sites for hydroxylation is 1. The third-order valence-corrected chi connectivity index (χ3v) is 2.88. The number of nitrogens with one attached hydrogen (secondary N) is 1. The molecule has 0 aliphatic rings. The van der Waals surface area contributed by atoms with Crippen molar-refractivity contribution in [3.8, 4) is 5.75 Å². The maximum Gasteiger partial charge on any atom is 0.401 e. The van der Waals surface area contributed by atoms with Gasteiger partial charge in [0.15, 0.2) is 0 Å². The summed E-state index contributed by atoms with van der Waals surface area (Å²) in [5.41, 5.74) is 2.14. The minimum absolute atomic E-state index is 0.158. The maximum absolute atomic E-state index is 12.1. The highest BCUT2D eigenvalue weighted by atomic mass is 19.4. The van der Waals surface area contributed by atoms with Crippen LogP contribution in [0.1, 0.15) is 37.8 Å². The number of hydrogen-bond acceptors (Lipinski definition) is 2. The first-order chi connectivity index (χ1) is 9.19. The van der Waals surface area contributed by atoms with Crippen molar-refractivity contribution >= 4 is 0 Å². The molecular weight excluding hydrogens is 267 g/mol. The Morgan fingerprint density at radius 1 is 1.20 bits per heavy atom. The van der Waals surface area contributed by atoms with E-state index >= 15 is 0 Å². The largest absolute Gasteiger partial charge is 0.489 e. The van der Waals surface area contributed by atoms with Crippen LogP contribution in [0.5, 0.6) is 5.75 Å². The van der Waals surface area contributed by atoms with E-state index in [1.165, 1.54) is 0 Å². The predicted molar refractivity (Wildman–Crippen MR) is 74.3 cm³/mol. The first-order valence-electron chi connectivity index (χ1n) is 6.73. The van der Waals surface area contributed by atoms with Gasteiger partial charge in [0.2, 0.25) is 0 Å². The van der Waals surface area contributed by atoms with Gasteiger partial charge >= 0.3 is 6.18 Å². The van der Waals surface area contributed by atoms with E-state index < -0.39 is 12.7 Å². The number of hydrogen-bond donors (Lipinski definition) is 1. The Kier molecular flexibility index (Phi) is 5.87. The van der Waals surface area contributed by atoms with Crippen molar-refractivity contribution in [1.82, 2.24) is 5.32 Å². The van der Waals surface area contributed by atoms with E-state index in [1.54, 1.807) is 6.92 Å². The summed E-state index contributed by atoms with van der Waals surface area (Å²) < 4.78 is 41.9. The molecule has 0 saturated carbocycles. The van der Waals surface area contributed by atoms with Crippen molar-refractivity contribution in [3.63, 3.8) is 0 Å². The summed E-state index contributed by atoms with van der Waals surface area (Å²) in [6.07, 6.45) is -4.51. The molecule has 1 rings (SSSR count). The van der Waals surface area contributed by atoms with Crippen molar-refractivity contribution < 1.29 is 17.9 Å². The topological polar surface area (TPSA) is 21.3 Å². The summed E-state index contributed by atoms with van der Waals surface area (Å²) >= 11 is 0. The third-order valence-electron chi connectivity index (χ3n) is 2.88. The number of alkyl halides is 3. The zero-order valence-corrected chi connectivity index (χ0v) is 12.3. The van der Waals surface area contributed by atoms with Gasteiger partial charge in [-0.25, -0.2) is 0 Å². The average molecular weight is 289 g/mol. The molecule has 5 heteroatoms. The van der Waals surface area contributed by atoms with Gasteiger partial charge in [-0.05, 0) is 37.0 Å². The highest BCUT2D eigenvalue weighted by Gasteiger charge is 2.26. The van der Waals surface area contributed by atoms with Crippen LogP contribution in [0, 0.1) is 6.92 Å². The van der Waals surface area contributed by atoms with Gasteiger partial charge < -0.3 is 10.1 Å². The van der Waals surface area contributed by atoms with E-state index in [-0.39, 0.29) is 12.6 Å². The molecule has 114 valence electrons. The second kappa shape index (κ2) is 6.97. The molecule has 0 aromatic heterocycles. The lowest BCUT2D eigenvalue weighted by Gasteiger charge is -2.20. The summed E-state index contributed by atoms with van der Waals surface area (Å²) in [5, 5.41) is 2.36. The average Bonchev–Trinajstić information content (AvgIpc) is 2.26. The van der Waals surface area contributed by atoms with E-state index in [9.17, 15) is 13.2 Å². The Bertz CT molecular complexity index is 430. The number of halogens is 3. The summed E-state index contributed by atoms with van der Waals surface area (Å²) in [6, 6.07) is 5.94. The van der Waals surface area contributed by atoms with E-state index in [2.05, 4.69) is 19.2 Å². The fourth-order valence-corrected chi connectivity index (χ4v) is 1.90. The van der Waals surface area contributed by atoms with Gasteiger partial charge in [0.05, 0.1) is 6.54 Å². The smallest absolute Gasteiger partial charge is 0.401 e. The van der Waals surface area contributed by atoms with Gasteiger partial charge in [0.1, 0.15) is 11.9 Å². The van der Waals surface area contributed by atoms with Crippen LogP contribution >= 0.6 is 0 Å². The van der Waals surface area contributed by atoms with Gasteiger partial charge in [-0.3, -0.25) is 0 Å². The van der Waals surface area contributed by atoms with Gasteiger partial charge in [0, 0.05) is 6.54 Å². The van der Waals surface area contributed by atoms with Crippen LogP contribution in [0.3, 0.4) is 0 Å². The van der Waals surface area contributed by atoms with Crippen molar-refractivity contribution in [2.24, 2.45) is 0 Å². The van der Waals surface area contributed by atoms with Crippen LogP contribution < -0.4 is 10.1 Å². The van der Waals surface area contributed by atoms with Gasteiger partial charge in [-0.2, -0.15) is 13.2 Å². The minimum Gasteiger partial charge on any atom is -0.489 e. The minimum atomic E-state index is -4.19. The highest BCUT2D eigenvalue weighted by Crippen LogP contribution is 2.28. The van der Waals surface area contributed by atoms with E-state index in [0.717, 1.165) is 16.9 Å². The van der Waals surface area contributed by atoms with Crippen molar-refractivity contribution in [2.75, 3.05) is 13.1 Å². The summed E-state index contributed by atoms with van der Waals surface area (Å²) in [4.78, 5) is 0. The molecule has 1 unspecified atom stereocenters. The summed E-state index contributed by atoms with van der Waals surface area (Å²) in [7, 11) is 0.